The quantitative estimate of drug-likeness (QED) is 0.761. The summed E-state index contributed by atoms with van der Waals surface area (Å²) in [5.41, 5.74) is 1.52. The molecule has 0 atom stereocenters. The highest BCUT2D eigenvalue weighted by Gasteiger charge is 2.16. The molecule has 0 saturated carbocycles. The van der Waals surface area contributed by atoms with Gasteiger partial charge in [-0.1, -0.05) is 37.1 Å². The molecule has 0 aliphatic rings. The van der Waals surface area contributed by atoms with Crippen molar-refractivity contribution in [2.45, 2.75) is 19.8 Å². The zero-order valence-corrected chi connectivity index (χ0v) is 15.0. The third-order valence-electron chi connectivity index (χ3n) is 3.86. The fraction of sp³-hybridized carbons (Fsp3) is 0.263. The molecule has 0 radical (unpaired) electrons. The van der Waals surface area contributed by atoms with E-state index in [4.69, 9.17) is 11.6 Å². The number of rotatable bonds is 7. The van der Waals surface area contributed by atoms with Crippen LogP contribution in [0.3, 0.4) is 0 Å². The molecule has 0 saturated heterocycles. The third kappa shape index (κ3) is 4.73. The van der Waals surface area contributed by atoms with Crippen molar-refractivity contribution < 1.29 is 14.7 Å². The standard InChI is InChI=1S/C19H21ClN2O3/c1-3-4-11-22(2)17-10-9-13(12-15(17)19(24)25)21-18(23)14-7-5-6-8-16(14)20/h5-10,12H,3-4,11H2,1-2H3,(H,21,23)(H,24,25). The van der Waals surface area contributed by atoms with Crippen molar-refractivity contribution in [2.24, 2.45) is 0 Å². The molecule has 0 bridgehead atoms. The number of carboxylic acids is 1. The van der Waals surface area contributed by atoms with Crippen molar-refractivity contribution in [1.82, 2.24) is 0 Å². The highest BCUT2D eigenvalue weighted by atomic mass is 35.5. The number of halogens is 1. The molecule has 0 unspecified atom stereocenters. The number of amides is 1. The van der Waals surface area contributed by atoms with Crippen LogP contribution in [0.5, 0.6) is 0 Å². The lowest BCUT2D eigenvalue weighted by molar-refractivity contribution is 0.0697. The number of aromatic carboxylic acids is 1. The van der Waals surface area contributed by atoms with Gasteiger partial charge in [0.25, 0.3) is 5.91 Å². The van der Waals surface area contributed by atoms with Crippen molar-refractivity contribution >= 4 is 34.9 Å². The van der Waals surface area contributed by atoms with Gasteiger partial charge in [0.1, 0.15) is 0 Å². The molecule has 0 heterocycles. The zero-order valence-electron chi connectivity index (χ0n) is 14.3. The van der Waals surface area contributed by atoms with E-state index in [0.717, 1.165) is 19.4 Å². The number of carbonyl (C=O) groups is 2. The number of unbranched alkanes of at least 4 members (excludes halogenated alkanes) is 1. The Labute approximate surface area is 152 Å². The molecule has 1 amide bonds. The fourth-order valence-electron chi connectivity index (χ4n) is 2.48. The van der Waals surface area contributed by atoms with Gasteiger partial charge in [-0.3, -0.25) is 4.79 Å². The van der Waals surface area contributed by atoms with Crippen molar-refractivity contribution in [3.63, 3.8) is 0 Å². The van der Waals surface area contributed by atoms with E-state index in [1.807, 2.05) is 11.9 Å². The Morgan fingerprint density at radius 3 is 2.52 bits per heavy atom. The number of nitrogens with one attached hydrogen (secondary N) is 1. The highest BCUT2D eigenvalue weighted by molar-refractivity contribution is 6.34. The fourth-order valence-corrected chi connectivity index (χ4v) is 2.70. The van der Waals surface area contributed by atoms with Crippen LogP contribution in [-0.2, 0) is 0 Å². The topological polar surface area (TPSA) is 69.6 Å². The Hall–Kier alpha value is -2.53. The smallest absolute Gasteiger partial charge is 0.337 e. The molecule has 2 aromatic carbocycles. The normalized spacial score (nSPS) is 10.4. The average Bonchev–Trinajstić information content (AvgIpc) is 2.59. The van der Waals surface area contributed by atoms with E-state index < -0.39 is 5.97 Å². The summed E-state index contributed by atoms with van der Waals surface area (Å²) in [5, 5.41) is 12.5. The number of anilines is 2. The van der Waals surface area contributed by atoms with Crippen LogP contribution in [0.4, 0.5) is 11.4 Å². The lowest BCUT2D eigenvalue weighted by Gasteiger charge is -2.21. The van der Waals surface area contributed by atoms with Crippen LogP contribution >= 0.6 is 11.6 Å². The average molecular weight is 361 g/mol. The SMILES string of the molecule is CCCCN(C)c1ccc(NC(=O)c2ccccc2Cl)cc1C(=O)O. The second-order valence-electron chi connectivity index (χ2n) is 5.75. The van der Waals surface area contributed by atoms with Gasteiger partial charge in [0.05, 0.1) is 21.8 Å². The summed E-state index contributed by atoms with van der Waals surface area (Å²) in [6.07, 6.45) is 2.00. The van der Waals surface area contributed by atoms with E-state index in [0.29, 0.717) is 22.0 Å². The van der Waals surface area contributed by atoms with Gasteiger partial charge in [-0.25, -0.2) is 4.79 Å². The molecule has 0 spiro atoms. The molecule has 0 aliphatic carbocycles. The first-order valence-corrected chi connectivity index (χ1v) is 8.46. The predicted molar refractivity (Wildman–Crippen MR) is 101 cm³/mol. The van der Waals surface area contributed by atoms with E-state index in [-0.39, 0.29) is 11.5 Å². The van der Waals surface area contributed by atoms with Crippen LogP contribution in [0.1, 0.15) is 40.5 Å². The van der Waals surface area contributed by atoms with Gasteiger partial charge in [-0.15, -0.1) is 0 Å². The summed E-state index contributed by atoms with van der Waals surface area (Å²) in [5.74, 6) is -1.42. The number of nitrogens with zero attached hydrogens (tertiary/aromatic N) is 1. The lowest BCUT2D eigenvalue weighted by Crippen LogP contribution is -2.21. The highest BCUT2D eigenvalue weighted by Crippen LogP contribution is 2.25. The number of carboxylic acid groups (broad SMARTS) is 1. The number of carbonyl (C=O) groups excluding carboxylic acids is 1. The maximum absolute atomic E-state index is 12.3. The second-order valence-corrected chi connectivity index (χ2v) is 6.15. The van der Waals surface area contributed by atoms with E-state index in [1.165, 1.54) is 6.07 Å². The summed E-state index contributed by atoms with van der Waals surface area (Å²) < 4.78 is 0. The van der Waals surface area contributed by atoms with Gasteiger partial charge in [0.15, 0.2) is 0 Å². The molecule has 6 heteroatoms. The largest absolute Gasteiger partial charge is 0.478 e. The molecule has 0 aromatic heterocycles. The summed E-state index contributed by atoms with van der Waals surface area (Å²) in [4.78, 5) is 25.8. The molecule has 132 valence electrons. The Morgan fingerprint density at radius 1 is 1.16 bits per heavy atom. The molecule has 0 aliphatic heterocycles. The molecular formula is C19H21ClN2O3. The molecular weight excluding hydrogens is 340 g/mol. The maximum atomic E-state index is 12.3. The summed E-state index contributed by atoms with van der Waals surface area (Å²) in [7, 11) is 1.86. The Kier molecular flexibility index (Phi) is 6.42. The first-order valence-electron chi connectivity index (χ1n) is 8.08. The van der Waals surface area contributed by atoms with Gasteiger partial charge in [-0.05, 0) is 36.8 Å². The molecule has 2 N–H and O–H groups in total. The number of hydrogen-bond acceptors (Lipinski definition) is 3. The van der Waals surface area contributed by atoms with Gasteiger partial charge in [0.2, 0.25) is 0 Å². The van der Waals surface area contributed by atoms with Gasteiger partial charge in [-0.2, -0.15) is 0 Å². The summed E-state index contributed by atoms with van der Waals surface area (Å²) in [6.45, 7) is 2.85. The van der Waals surface area contributed by atoms with Crippen LogP contribution < -0.4 is 10.2 Å². The van der Waals surface area contributed by atoms with Crippen molar-refractivity contribution in [2.75, 3.05) is 23.8 Å². The van der Waals surface area contributed by atoms with Crippen LogP contribution in [-0.4, -0.2) is 30.6 Å². The Bertz CT molecular complexity index is 777. The third-order valence-corrected chi connectivity index (χ3v) is 4.19. The maximum Gasteiger partial charge on any atom is 0.337 e. The first-order chi connectivity index (χ1) is 11.9. The monoisotopic (exact) mass is 360 g/mol. The Balaban J connectivity index is 2.25. The first kappa shape index (κ1) is 18.8. The summed E-state index contributed by atoms with van der Waals surface area (Å²) >= 11 is 6.02. The van der Waals surface area contributed by atoms with Crippen molar-refractivity contribution in [3.05, 3.63) is 58.6 Å². The lowest BCUT2D eigenvalue weighted by atomic mass is 10.1. The van der Waals surface area contributed by atoms with Crippen LogP contribution in [0.15, 0.2) is 42.5 Å². The van der Waals surface area contributed by atoms with Crippen molar-refractivity contribution in [1.29, 1.82) is 0 Å². The van der Waals surface area contributed by atoms with Gasteiger partial charge in [0, 0.05) is 19.3 Å². The van der Waals surface area contributed by atoms with E-state index in [2.05, 4.69) is 12.2 Å². The van der Waals surface area contributed by atoms with Crippen molar-refractivity contribution in [3.8, 4) is 0 Å². The second kappa shape index (κ2) is 8.53. The molecule has 2 aromatic rings. The van der Waals surface area contributed by atoms with E-state index in [9.17, 15) is 14.7 Å². The summed E-state index contributed by atoms with van der Waals surface area (Å²) in [6, 6.07) is 11.6. The minimum absolute atomic E-state index is 0.149. The van der Waals surface area contributed by atoms with Crippen LogP contribution in [0, 0.1) is 0 Å². The minimum atomic E-state index is -1.04. The Morgan fingerprint density at radius 2 is 1.88 bits per heavy atom. The zero-order chi connectivity index (χ0) is 18.4. The molecule has 2 rings (SSSR count). The predicted octanol–water partition coefficient (Wildman–Crippen LogP) is 4.53. The van der Waals surface area contributed by atoms with E-state index in [1.54, 1.807) is 36.4 Å². The number of hydrogen-bond donors (Lipinski definition) is 2. The van der Waals surface area contributed by atoms with Crippen LogP contribution in [0.25, 0.3) is 0 Å². The molecule has 25 heavy (non-hydrogen) atoms. The number of benzene rings is 2. The van der Waals surface area contributed by atoms with Gasteiger partial charge < -0.3 is 15.3 Å². The minimum Gasteiger partial charge on any atom is -0.478 e. The van der Waals surface area contributed by atoms with E-state index >= 15 is 0 Å². The molecule has 0 fully saturated rings. The van der Waals surface area contributed by atoms with Gasteiger partial charge >= 0.3 is 5.97 Å². The molecule has 5 nitrogen and oxygen atoms in total. The van der Waals surface area contributed by atoms with Crippen LogP contribution in [0.2, 0.25) is 5.02 Å².